The van der Waals surface area contributed by atoms with Crippen LogP contribution >= 0.6 is 11.8 Å². The molecule has 3 atom stereocenters. The Morgan fingerprint density at radius 2 is 2.16 bits per heavy atom. The number of nitro groups is 1. The molecule has 31 heavy (non-hydrogen) atoms. The van der Waals surface area contributed by atoms with Gasteiger partial charge in [0.25, 0.3) is 5.91 Å². The van der Waals surface area contributed by atoms with E-state index in [0.717, 1.165) is 4.90 Å². The molecule has 1 aromatic rings. The lowest BCUT2D eigenvalue weighted by molar-refractivity contribution is -0.389. The Labute approximate surface area is 179 Å². The summed E-state index contributed by atoms with van der Waals surface area (Å²) < 4.78 is 6.05. The summed E-state index contributed by atoms with van der Waals surface area (Å²) in [6, 6.07) is -0.667. The average Bonchev–Trinajstić information content (AvgIpc) is 3.10. The number of hydrogen-bond donors (Lipinski definition) is 2. The Morgan fingerprint density at radius 3 is 2.71 bits per heavy atom. The first kappa shape index (κ1) is 22.3. The minimum atomic E-state index is -1.33. The number of carbonyl (C=O) groups excluding carboxylic acids is 3. The molecule has 0 aliphatic carbocycles. The first-order chi connectivity index (χ1) is 14.5. The van der Waals surface area contributed by atoms with Crippen LogP contribution in [-0.4, -0.2) is 72.2 Å². The van der Waals surface area contributed by atoms with Gasteiger partial charge in [0.05, 0.1) is 16.9 Å². The fourth-order valence-corrected chi connectivity index (χ4v) is 4.65. The van der Waals surface area contributed by atoms with E-state index in [1.807, 2.05) is 0 Å². The highest BCUT2D eigenvalue weighted by Crippen LogP contribution is 2.40. The van der Waals surface area contributed by atoms with Crippen LogP contribution in [0.25, 0.3) is 0 Å². The maximum atomic E-state index is 12.6. The lowest BCUT2D eigenvalue weighted by Gasteiger charge is -2.49. The van der Waals surface area contributed by atoms with Crippen molar-refractivity contribution >= 4 is 41.3 Å². The number of fused-ring (bicyclic) bond motifs is 1. The van der Waals surface area contributed by atoms with Gasteiger partial charge in [-0.1, -0.05) is 0 Å². The molecule has 1 saturated heterocycles. The van der Waals surface area contributed by atoms with Crippen LogP contribution in [0.1, 0.15) is 25.6 Å². The van der Waals surface area contributed by atoms with E-state index in [1.165, 1.54) is 36.4 Å². The van der Waals surface area contributed by atoms with E-state index < -0.39 is 52.0 Å². The van der Waals surface area contributed by atoms with E-state index in [4.69, 9.17) is 4.74 Å². The van der Waals surface area contributed by atoms with Gasteiger partial charge in [-0.2, -0.15) is 4.68 Å². The lowest BCUT2D eigenvalue weighted by Crippen LogP contribution is -2.71. The van der Waals surface area contributed by atoms with E-state index >= 15 is 0 Å². The Bertz CT molecular complexity index is 1020. The van der Waals surface area contributed by atoms with Crippen LogP contribution in [0.15, 0.2) is 17.3 Å². The normalized spacial score (nSPS) is 21.1. The second-order valence-electron chi connectivity index (χ2n) is 6.96. The van der Waals surface area contributed by atoms with Gasteiger partial charge in [-0.15, -0.1) is 11.8 Å². The summed E-state index contributed by atoms with van der Waals surface area (Å²) in [7, 11) is 0. The number of nitrogens with one attached hydrogen (secondary N) is 1. The van der Waals surface area contributed by atoms with Crippen molar-refractivity contribution in [1.82, 2.24) is 20.0 Å². The van der Waals surface area contributed by atoms with Crippen LogP contribution in [0.3, 0.4) is 0 Å². The highest BCUT2D eigenvalue weighted by Gasteiger charge is 2.54. The molecule has 0 aromatic carbocycles. The largest absolute Gasteiger partial charge is 0.477 e. The van der Waals surface area contributed by atoms with Gasteiger partial charge in [-0.05, 0) is 18.8 Å². The number of aliphatic carboxylic acids is 1. The molecule has 0 radical (unpaired) electrons. The van der Waals surface area contributed by atoms with Gasteiger partial charge >= 0.3 is 17.8 Å². The molecule has 0 bridgehead atoms. The standard InChI is InChI=1S/C17H19N5O8S/c1-7-4-11(22(28)29)19-21(7)8(2)14(24)18-12-15(25)20-13(17(26)27)10(5-30-9(3)23)6-31-16(12)20/h4,8,12,16H,5-6H2,1-3H3,(H,18,24)(H,26,27)/t8-,12+,16+/m1/s1. The maximum absolute atomic E-state index is 12.6. The number of carbonyl (C=O) groups is 4. The summed E-state index contributed by atoms with van der Waals surface area (Å²) in [6.07, 6.45) is 0. The number of β-lactam (4-membered cyclic amide) rings is 1. The minimum Gasteiger partial charge on any atom is -0.477 e. The number of nitrogens with zero attached hydrogens (tertiary/aromatic N) is 4. The molecule has 3 heterocycles. The predicted octanol–water partition coefficient (Wildman–Crippen LogP) is -0.0376. The highest BCUT2D eigenvalue weighted by molar-refractivity contribution is 8.00. The summed E-state index contributed by atoms with van der Waals surface area (Å²) in [5.74, 6) is -3.31. The van der Waals surface area contributed by atoms with Crippen molar-refractivity contribution in [2.45, 2.75) is 38.2 Å². The zero-order valence-corrected chi connectivity index (χ0v) is 17.5. The van der Waals surface area contributed by atoms with Crippen molar-refractivity contribution in [1.29, 1.82) is 0 Å². The number of thioether (sulfide) groups is 1. The number of ether oxygens (including phenoxy) is 1. The average molecular weight is 453 g/mol. The van der Waals surface area contributed by atoms with Gasteiger partial charge in [-0.3, -0.25) is 19.3 Å². The molecule has 2 aliphatic heterocycles. The molecule has 2 N–H and O–H groups in total. The van der Waals surface area contributed by atoms with Crippen LogP contribution in [0, 0.1) is 17.0 Å². The summed E-state index contributed by atoms with van der Waals surface area (Å²) in [4.78, 5) is 59.3. The number of hydrogen-bond acceptors (Lipinski definition) is 9. The molecule has 166 valence electrons. The molecule has 2 amide bonds. The van der Waals surface area contributed by atoms with Crippen molar-refractivity contribution in [3.8, 4) is 0 Å². The molecule has 0 spiro atoms. The molecule has 1 fully saturated rings. The number of amides is 2. The topological polar surface area (TPSA) is 174 Å². The second kappa shape index (κ2) is 8.37. The number of carboxylic acid groups (broad SMARTS) is 1. The van der Waals surface area contributed by atoms with Crippen LogP contribution in [-0.2, 0) is 23.9 Å². The van der Waals surface area contributed by atoms with Crippen LogP contribution in [0.5, 0.6) is 0 Å². The maximum Gasteiger partial charge on any atom is 0.390 e. The third kappa shape index (κ3) is 4.10. The Balaban J connectivity index is 1.73. The Morgan fingerprint density at radius 1 is 1.48 bits per heavy atom. The van der Waals surface area contributed by atoms with Crippen LogP contribution in [0.2, 0.25) is 0 Å². The van der Waals surface area contributed by atoms with E-state index in [-0.39, 0.29) is 23.6 Å². The van der Waals surface area contributed by atoms with Gasteiger partial charge in [0.15, 0.2) is 0 Å². The summed E-state index contributed by atoms with van der Waals surface area (Å²) in [6.45, 7) is 3.99. The minimum absolute atomic E-state index is 0.204. The molecule has 13 nitrogen and oxygen atoms in total. The fraction of sp³-hybridized carbons (Fsp3) is 0.471. The van der Waals surface area contributed by atoms with Gasteiger partial charge in [0.2, 0.25) is 5.91 Å². The zero-order valence-electron chi connectivity index (χ0n) is 16.7. The number of aromatic nitrogens is 2. The van der Waals surface area contributed by atoms with E-state index in [9.17, 15) is 34.4 Å². The Hall–Kier alpha value is -3.42. The number of carboxylic acids is 1. The van der Waals surface area contributed by atoms with Crippen molar-refractivity contribution in [3.05, 3.63) is 33.1 Å². The molecule has 0 unspecified atom stereocenters. The second-order valence-corrected chi connectivity index (χ2v) is 8.06. The van der Waals surface area contributed by atoms with Crippen molar-refractivity contribution in [3.63, 3.8) is 0 Å². The van der Waals surface area contributed by atoms with Crippen LogP contribution in [0.4, 0.5) is 5.82 Å². The third-order valence-electron chi connectivity index (χ3n) is 4.84. The summed E-state index contributed by atoms with van der Waals surface area (Å²) >= 11 is 1.23. The monoisotopic (exact) mass is 453 g/mol. The molecule has 3 rings (SSSR count). The van der Waals surface area contributed by atoms with E-state index in [0.29, 0.717) is 5.69 Å². The Kier molecular flexibility index (Phi) is 6.01. The summed E-state index contributed by atoms with van der Waals surface area (Å²) in [5.41, 5.74) is 0.427. The number of aryl methyl sites for hydroxylation is 1. The van der Waals surface area contributed by atoms with Gasteiger partial charge in [-0.25, -0.2) is 4.79 Å². The summed E-state index contributed by atoms with van der Waals surface area (Å²) in [5, 5.41) is 26.2. The molecule has 0 saturated carbocycles. The van der Waals surface area contributed by atoms with Gasteiger partial charge in [0.1, 0.15) is 29.8 Å². The fourth-order valence-electron chi connectivity index (χ4n) is 3.32. The van der Waals surface area contributed by atoms with Crippen molar-refractivity contribution in [2.24, 2.45) is 0 Å². The third-order valence-corrected chi connectivity index (χ3v) is 6.18. The molecular formula is C17H19N5O8S. The predicted molar refractivity (Wildman–Crippen MR) is 105 cm³/mol. The lowest BCUT2D eigenvalue weighted by atomic mass is 10.0. The molecule has 1 aromatic heterocycles. The SMILES string of the molecule is CC(=O)OCC1=C(C(=O)O)N2C(=O)[C@H](NC(=O)[C@@H](C)n3nc([N+](=O)[O-])cc3C)[C@@H]2SC1. The van der Waals surface area contributed by atoms with Gasteiger partial charge in [0, 0.05) is 18.2 Å². The van der Waals surface area contributed by atoms with Gasteiger partial charge < -0.3 is 25.3 Å². The smallest absolute Gasteiger partial charge is 0.390 e. The van der Waals surface area contributed by atoms with E-state index in [1.54, 1.807) is 6.92 Å². The van der Waals surface area contributed by atoms with Crippen molar-refractivity contribution < 1.29 is 33.9 Å². The molecule has 14 heteroatoms. The zero-order chi connectivity index (χ0) is 23.0. The number of esters is 1. The van der Waals surface area contributed by atoms with E-state index in [2.05, 4.69) is 10.4 Å². The number of rotatable bonds is 7. The van der Waals surface area contributed by atoms with Crippen molar-refractivity contribution in [2.75, 3.05) is 12.4 Å². The molecule has 2 aliphatic rings. The first-order valence-corrected chi connectivity index (χ1v) is 10.1. The first-order valence-electron chi connectivity index (χ1n) is 9.07. The highest BCUT2D eigenvalue weighted by atomic mass is 32.2. The molecular weight excluding hydrogens is 434 g/mol. The van der Waals surface area contributed by atoms with Crippen LogP contribution < -0.4 is 5.32 Å². The quantitative estimate of drug-likeness (QED) is 0.247.